The number of oxazole rings is 1. The Morgan fingerprint density at radius 2 is 1.88 bits per heavy atom. The summed E-state index contributed by atoms with van der Waals surface area (Å²) in [5.41, 5.74) is 3.29. The number of aromatic nitrogens is 1. The molecule has 1 aliphatic rings. The molecule has 2 aromatic carbocycles. The number of amides is 2. The van der Waals surface area contributed by atoms with Crippen LogP contribution in [0.4, 0.5) is 4.79 Å². The third kappa shape index (κ3) is 7.06. The fourth-order valence-electron chi connectivity index (χ4n) is 4.39. The zero-order valence-electron chi connectivity index (χ0n) is 23.3. The highest BCUT2D eigenvalue weighted by atomic mass is 32.2. The summed E-state index contributed by atoms with van der Waals surface area (Å²) in [5.74, 6) is -0.861. The average molecular weight is 567 g/mol. The number of fused-ring (bicyclic) bond motifs is 1. The largest absolute Gasteiger partial charge is 0.444 e. The van der Waals surface area contributed by atoms with Gasteiger partial charge in [0, 0.05) is 25.3 Å². The van der Waals surface area contributed by atoms with Crippen LogP contribution in [0.25, 0.3) is 22.2 Å². The molecule has 0 radical (unpaired) electrons. The average Bonchev–Trinajstić information content (AvgIpc) is 3.06. The zero-order chi connectivity index (χ0) is 29.0. The second kappa shape index (κ2) is 12.2. The molecule has 11 heteroatoms. The van der Waals surface area contributed by atoms with E-state index in [9.17, 15) is 19.6 Å². The van der Waals surface area contributed by atoms with Crippen molar-refractivity contribution in [1.29, 1.82) is 5.26 Å². The third-order valence-corrected chi connectivity index (χ3v) is 7.51. The topological polar surface area (TPSA) is 127 Å². The van der Waals surface area contributed by atoms with Crippen molar-refractivity contribution in [3.63, 3.8) is 0 Å². The van der Waals surface area contributed by atoms with Gasteiger partial charge in [0.15, 0.2) is 11.7 Å². The maximum atomic E-state index is 13.1. The molecule has 3 aromatic rings. The number of benzene rings is 2. The van der Waals surface area contributed by atoms with Crippen molar-refractivity contribution in [1.82, 2.24) is 14.8 Å². The Labute approximate surface area is 237 Å². The summed E-state index contributed by atoms with van der Waals surface area (Å²) in [6.45, 7) is 6.12. The molecule has 0 bridgehead atoms. The molecule has 1 N–H and O–H groups in total. The number of ether oxygens (including phenoxy) is 2. The minimum atomic E-state index is -0.920. The van der Waals surface area contributed by atoms with Gasteiger partial charge in [0.05, 0.1) is 24.7 Å². The molecule has 40 heavy (non-hydrogen) atoms. The van der Waals surface area contributed by atoms with Crippen LogP contribution in [0.5, 0.6) is 0 Å². The molecule has 2 unspecified atom stereocenters. The molecule has 0 aliphatic carbocycles. The quantitative estimate of drug-likeness (QED) is 0.479. The van der Waals surface area contributed by atoms with Gasteiger partial charge in [-0.15, -0.1) is 0 Å². The van der Waals surface area contributed by atoms with Gasteiger partial charge < -0.3 is 24.1 Å². The van der Waals surface area contributed by atoms with E-state index in [0.717, 1.165) is 16.7 Å². The minimum Gasteiger partial charge on any atom is -0.444 e. The Bertz CT molecular complexity index is 1470. The van der Waals surface area contributed by atoms with Crippen LogP contribution in [0, 0.1) is 11.3 Å². The van der Waals surface area contributed by atoms with E-state index in [2.05, 4.69) is 11.4 Å². The maximum Gasteiger partial charge on any atom is 0.419 e. The first-order valence-electron chi connectivity index (χ1n) is 13.0. The molecule has 212 valence electrons. The van der Waals surface area contributed by atoms with E-state index < -0.39 is 35.5 Å². The van der Waals surface area contributed by atoms with Crippen molar-refractivity contribution in [3.05, 3.63) is 58.6 Å². The number of nitrogens with one attached hydrogen (secondary N) is 1. The number of thioether (sulfide) groups is 1. The number of nitriles is 1. The Balaban J connectivity index is 1.41. The summed E-state index contributed by atoms with van der Waals surface area (Å²) < 4.78 is 18.0. The molecule has 1 aromatic heterocycles. The molecule has 0 spiro atoms. The fraction of sp³-hybridized carbons (Fsp3) is 0.448. The molecule has 4 rings (SSSR count). The summed E-state index contributed by atoms with van der Waals surface area (Å²) in [6.07, 6.45) is 0.808. The van der Waals surface area contributed by atoms with Crippen LogP contribution >= 0.6 is 11.8 Å². The van der Waals surface area contributed by atoms with Crippen LogP contribution in [-0.2, 0) is 27.7 Å². The van der Waals surface area contributed by atoms with E-state index in [0.29, 0.717) is 30.7 Å². The molecule has 1 fully saturated rings. The van der Waals surface area contributed by atoms with E-state index in [-0.39, 0.29) is 11.8 Å². The highest BCUT2D eigenvalue weighted by Crippen LogP contribution is 2.25. The Morgan fingerprint density at radius 3 is 2.52 bits per heavy atom. The summed E-state index contributed by atoms with van der Waals surface area (Å²) in [4.78, 5) is 39.2. The number of carbonyl (C=O) groups is 2. The monoisotopic (exact) mass is 566 g/mol. The van der Waals surface area contributed by atoms with Gasteiger partial charge in [-0.2, -0.15) is 17.0 Å². The van der Waals surface area contributed by atoms with Crippen LogP contribution in [-0.4, -0.2) is 70.4 Å². The third-order valence-electron chi connectivity index (χ3n) is 6.56. The highest BCUT2D eigenvalue weighted by molar-refractivity contribution is 7.99. The summed E-state index contributed by atoms with van der Waals surface area (Å²) >= 11 is 1.56. The van der Waals surface area contributed by atoms with Crippen LogP contribution < -0.4 is 11.1 Å². The second-order valence-electron chi connectivity index (χ2n) is 10.8. The van der Waals surface area contributed by atoms with Gasteiger partial charge in [-0.1, -0.05) is 30.3 Å². The highest BCUT2D eigenvalue weighted by Gasteiger charge is 2.34. The lowest BCUT2D eigenvalue weighted by Gasteiger charge is -2.28. The Hall–Kier alpha value is -3.75. The first-order valence-corrected chi connectivity index (χ1v) is 14.3. The van der Waals surface area contributed by atoms with Crippen LogP contribution in [0.2, 0.25) is 0 Å². The predicted octanol–water partition coefficient (Wildman–Crippen LogP) is 3.72. The minimum absolute atomic E-state index is 0.00492. The van der Waals surface area contributed by atoms with Gasteiger partial charge in [-0.25, -0.2) is 9.59 Å². The number of hydrogen-bond acceptors (Lipinski definition) is 8. The number of hydrogen-bond donors (Lipinski definition) is 1. The van der Waals surface area contributed by atoms with Gasteiger partial charge in [0.25, 0.3) is 5.91 Å². The van der Waals surface area contributed by atoms with Crippen LogP contribution in [0.1, 0.15) is 26.3 Å². The van der Waals surface area contributed by atoms with Gasteiger partial charge >= 0.3 is 11.8 Å². The number of aryl methyl sites for hydroxylation is 1. The van der Waals surface area contributed by atoms with Crippen molar-refractivity contribution < 1.29 is 23.5 Å². The number of nitrogens with zero attached hydrogens (tertiary/aromatic N) is 3. The summed E-state index contributed by atoms with van der Waals surface area (Å²) in [5, 5.41) is 12.5. The van der Waals surface area contributed by atoms with Crippen molar-refractivity contribution in [2.24, 2.45) is 7.05 Å². The van der Waals surface area contributed by atoms with E-state index in [4.69, 9.17) is 13.9 Å². The lowest BCUT2D eigenvalue weighted by molar-refractivity contribution is -0.133. The van der Waals surface area contributed by atoms with E-state index >= 15 is 0 Å². The number of carbonyl (C=O) groups excluding carboxylic acids is 2. The summed E-state index contributed by atoms with van der Waals surface area (Å²) in [7, 11) is 1.66. The first kappa shape index (κ1) is 29.2. The van der Waals surface area contributed by atoms with Gasteiger partial charge in [-0.3, -0.25) is 9.36 Å². The molecule has 2 heterocycles. The lowest BCUT2D eigenvalue weighted by atomic mass is 10.0. The Morgan fingerprint density at radius 1 is 1.18 bits per heavy atom. The molecule has 3 atom stereocenters. The molecular formula is C29H34N4O6S. The van der Waals surface area contributed by atoms with Gasteiger partial charge in [0.1, 0.15) is 11.6 Å². The van der Waals surface area contributed by atoms with Crippen molar-refractivity contribution in [3.8, 4) is 17.2 Å². The van der Waals surface area contributed by atoms with E-state index in [1.807, 2.05) is 42.7 Å². The normalized spacial score (nSPS) is 18.6. The van der Waals surface area contributed by atoms with Crippen LogP contribution in [0.3, 0.4) is 0 Å². The predicted molar refractivity (Wildman–Crippen MR) is 153 cm³/mol. The van der Waals surface area contributed by atoms with E-state index in [1.54, 1.807) is 45.6 Å². The number of rotatable bonds is 6. The second-order valence-corrected chi connectivity index (χ2v) is 11.9. The molecule has 1 aliphatic heterocycles. The van der Waals surface area contributed by atoms with Crippen molar-refractivity contribution in [2.75, 3.05) is 26.0 Å². The summed E-state index contributed by atoms with van der Waals surface area (Å²) in [6, 6.07) is 14.6. The van der Waals surface area contributed by atoms with Gasteiger partial charge in [0.2, 0.25) is 0 Å². The molecule has 10 nitrogen and oxygen atoms in total. The van der Waals surface area contributed by atoms with Gasteiger partial charge in [-0.05, 0) is 55.9 Å². The zero-order valence-corrected chi connectivity index (χ0v) is 24.1. The van der Waals surface area contributed by atoms with E-state index in [1.165, 1.54) is 9.47 Å². The van der Waals surface area contributed by atoms with Crippen molar-refractivity contribution >= 4 is 34.9 Å². The molecule has 0 saturated carbocycles. The molecule has 1 saturated heterocycles. The smallest absolute Gasteiger partial charge is 0.419 e. The molecule has 2 amide bonds. The SMILES string of the molecule is CSC1COC(C(=O)N[C@H](C#N)Cc2ccc(-c3ccc4oc(=O)n(C)c4c3)cc2)CN(C(=O)OC(C)(C)C)C1. The maximum absolute atomic E-state index is 13.1. The fourth-order valence-corrected chi connectivity index (χ4v) is 4.94. The Kier molecular flexibility index (Phi) is 8.91. The van der Waals surface area contributed by atoms with Crippen molar-refractivity contribution in [2.45, 2.75) is 50.2 Å². The van der Waals surface area contributed by atoms with Crippen LogP contribution in [0.15, 0.2) is 51.7 Å². The standard InChI is InChI=1S/C29H34N4O6S/c1-29(2,3)39-28(36)33-15-22(40-5)17-37-25(16-33)26(34)31-21(14-30)12-18-6-8-19(9-7-18)20-10-11-24-23(13-20)32(4)27(35)38-24/h6-11,13,21-22,25H,12,15-17H2,1-5H3,(H,31,34)/t21-,22?,25?/m0/s1. The lowest BCUT2D eigenvalue weighted by Crippen LogP contribution is -2.48. The first-order chi connectivity index (χ1) is 19.0. The molecular weight excluding hydrogens is 532 g/mol.